The lowest BCUT2D eigenvalue weighted by Gasteiger charge is -2.19. The van der Waals surface area contributed by atoms with Crippen LogP contribution in [0.5, 0.6) is 5.75 Å². The molecule has 0 amide bonds. The van der Waals surface area contributed by atoms with E-state index >= 15 is 0 Å². The third kappa shape index (κ3) is 4.54. The summed E-state index contributed by atoms with van der Waals surface area (Å²) in [5.41, 5.74) is 2.97. The molecule has 0 saturated heterocycles. The zero-order valence-corrected chi connectivity index (χ0v) is 23.2. The quantitative estimate of drug-likeness (QED) is 0.198. The molecule has 3 nitrogen and oxygen atoms in total. The molecule has 1 atom stereocenters. The molecule has 170 valence electrons. The van der Waals surface area contributed by atoms with Gasteiger partial charge in [0.25, 0.3) is 0 Å². The zero-order valence-electron chi connectivity index (χ0n) is 17.6. The lowest BCUT2D eigenvalue weighted by Crippen LogP contribution is -2.29. The van der Waals surface area contributed by atoms with Crippen molar-refractivity contribution < 1.29 is 14.6 Å². The monoisotopic (exact) mass is 658 g/mol. The van der Waals surface area contributed by atoms with Gasteiger partial charge in [-0.1, -0.05) is 64.5 Å². The molecule has 1 N–H and O–H groups in total. The number of fused-ring (bicyclic) bond motifs is 3. The van der Waals surface area contributed by atoms with E-state index in [4.69, 9.17) is 4.74 Å². The van der Waals surface area contributed by atoms with Crippen LogP contribution < -0.4 is 4.74 Å². The van der Waals surface area contributed by atoms with Gasteiger partial charge in [0.15, 0.2) is 6.10 Å². The highest BCUT2D eigenvalue weighted by Gasteiger charge is 2.24. The average Bonchev–Trinajstić information content (AvgIpc) is 3.19. The molecule has 0 aliphatic rings. The van der Waals surface area contributed by atoms with E-state index in [1.54, 1.807) is 11.3 Å². The Hall–Kier alpha value is -2.19. The maximum atomic E-state index is 11.9. The van der Waals surface area contributed by atoms with Crippen LogP contribution in [0.3, 0.4) is 0 Å². The van der Waals surface area contributed by atoms with Crippen LogP contribution in [-0.4, -0.2) is 17.2 Å². The normalized spacial score (nSPS) is 12.2. The van der Waals surface area contributed by atoms with Gasteiger partial charge in [-0.2, -0.15) is 0 Å². The summed E-state index contributed by atoms with van der Waals surface area (Å²) in [5, 5.41) is 12.2. The van der Waals surface area contributed by atoms with Gasteiger partial charge in [0, 0.05) is 36.6 Å². The Morgan fingerprint density at radius 1 is 0.853 bits per heavy atom. The molecular weight excluding hydrogens is 644 g/mol. The summed E-state index contributed by atoms with van der Waals surface area (Å²) in [7, 11) is 0. The molecule has 7 heteroatoms. The van der Waals surface area contributed by atoms with Gasteiger partial charge in [0.2, 0.25) is 0 Å². The molecule has 5 aromatic rings. The van der Waals surface area contributed by atoms with Gasteiger partial charge in [0.05, 0.1) is 8.95 Å². The molecule has 1 heterocycles. The Kier molecular flexibility index (Phi) is 6.80. The first-order chi connectivity index (χ1) is 16.4. The number of carbonyl (C=O) groups is 1. The van der Waals surface area contributed by atoms with Crippen LogP contribution >= 0.6 is 59.1 Å². The summed E-state index contributed by atoms with van der Waals surface area (Å²) in [4.78, 5) is 11.9. The van der Waals surface area contributed by atoms with E-state index < -0.39 is 12.1 Å². The highest BCUT2D eigenvalue weighted by Crippen LogP contribution is 2.46. The lowest BCUT2D eigenvalue weighted by molar-refractivity contribution is -0.145. The molecule has 0 bridgehead atoms. The van der Waals surface area contributed by atoms with Crippen molar-refractivity contribution in [3.8, 4) is 16.9 Å². The van der Waals surface area contributed by atoms with Crippen LogP contribution in [0.15, 0.2) is 92.3 Å². The van der Waals surface area contributed by atoms with Gasteiger partial charge in [0.1, 0.15) is 5.75 Å². The molecule has 34 heavy (non-hydrogen) atoms. The second kappa shape index (κ2) is 9.82. The fourth-order valence-electron chi connectivity index (χ4n) is 4.04. The maximum Gasteiger partial charge on any atom is 0.345 e. The second-order valence-electron chi connectivity index (χ2n) is 7.80. The van der Waals surface area contributed by atoms with E-state index in [0.717, 1.165) is 21.2 Å². The molecule has 0 aliphatic carbocycles. The van der Waals surface area contributed by atoms with E-state index in [0.29, 0.717) is 14.7 Å². The maximum absolute atomic E-state index is 11.9. The molecule has 1 aromatic heterocycles. The summed E-state index contributed by atoms with van der Waals surface area (Å²) < 4.78 is 10.8. The first kappa shape index (κ1) is 23.5. The van der Waals surface area contributed by atoms with Gasteiger partial charge in [-0.25, -0.2) is 4.79 Å². The second-order valence-corrected chi connectivity index (χ2v) is 11.4. The predicted octanol–water partition coefficient (Wildman–Crippen LogP) is 9.08. The van der Waals surface area contributed by atoms with E-state index in [2.05, 4.69) is 84.2 Å². The largest absolute Gasteiger partial charge is 0.478 e. The minimum Gasteiger partial charge on any atom is -0.478 e. The Labute approximate surface area is 225 Å². The number of halogens is 3. The smallest absolute Gasteiger partial charge is 0.345 e. The molecule has 0 spiro atoms. The summed E-state index contributed by atoms with van der Waals surface area (Å²) >= 11 is 12.8. The highest BCUT2D eigenvalue weighted by atomic mass is 79.9. The van der Waals surface area contributed by atoms with Crippen LogP contribution in [0.4, 0.5) is 0 Å². The molecule has 4 aromatic carbocycles. The number of carboxylic acid groups (broad SMARTS) is 1. The number of benzene rings is 4. The molecule has 0 unspecified atom stereocenters. The van der Waals surface area contributed by atoms with Crippen LogP contribution in [0, 0.1) is 0 Å². The number of rotatable bonds is 6. The molecule has 5 rings (SSSR count). The van der Waals surface area contributed by atoms with Crippen LogP contribution in [0.2, 0.25) is 0 Å². The van der Waals surface area contributed by atoms with Crippen molar-refractivity contribution in [1.82, 2.24) is 0 Å². The van der Waals surface area contributed by atoms with E-state index in [1.165, 1.54) is 20.2 Å². The minimum atomic E-state index is -1.02. The van der Waals surface area contributed by atoms with Crippen LogP contribution in [0.25, 0.3) is 31.3 Å². The van der Waals surface area contributed by atoms with Gasteiger partial charge < -0.3 is 9.84 Å². The number of carboxylic acids is 1. The SMILES string of the molecule is O=C(O)[C@@H](Cc1ccccc1)Oc1c(Br)cc(-c2c(Br)ccc3sc4ccccc4c23)cc1Br. The fourth-order valence-corrected chi connectivity index (χ4v) is 7.09. The predicted molar refractivity (Wildman–Crippen MR) is 150 cm³/mol. The first-order valence-corrected chi connectivity index (χ1v) is 13.6. The Morgan fingerprint density at radius 3 is 2.24 bits per heavy atom. The Bertz CT molecular complexity index is 1510. The van der Waals surface area contributed by atoms with E-state index in [-0.39, 0.29) is 6.42 Å². The van der Waals surface area contributed by atoms with Crippen molar-refractivity contribution in [3.05, 3.63) is 97.8 Å². The summed E-state index contributed by atoms with van der Waals surface area (Å²) in [6, 6.07) is 26.0. The minimum absolute atomic E-state index is 0.266. The van der Waals surface area contributed by atoms with Crippen molar-refractivity contribution in [3.63, 3.8) is 0 Å². The summed E-state index contributed by atoms with van der Waals surface area (Å²) in [5.74, 6) is -0.547. The first-order valence-electron chi connectivity index (χ1n) is 10.4. The van der Waals surface area contributed by atoms with Crippen molar-refractivity contribution in [2.24, 2.45) is 0 Å². The molecule has 0 aliphatic heterocycles. The number of hydrogen-bond donors (Lipinski definition) is 1. The van der Waals surface area contributed by atoms with Gasteiger partial charge in [-0.3, -0.25) is 0 Å². The van der Waals surface area contributed by atoms with E-state index in [1.807, 2.05) is 42.5 Å². The zero-order chi connectivity index (χ0) is 23.8. The molecule has 0 fully saturated rings. The standard InChI is InChI=1S/C27H17Br3O3S/c28-18-10-11-23-25(17-8-4-5-9-22(17)34-23)24(18)16-13-19(29)26(20(30)14-16)33-21(27(31)32)12-15-6-2-1-3-7-15/h1-11,13-14,21H,12H2,(H,31,32)/t21-/m1/s1. The van der Waals surface area contributed by atoms with Crippen molar-refractivity contribution in [2.75, 3.05) is 0 Å². The van der Waals surface area contributed by atoms with Crippen LogP contribution in [-0.2, 0) is 11.2 Å². The average molecular weight is 661 g/mol. The van der Waals surface area contributed by atoms with Crippen LogP contribution in [0.1, 0.15) is 5.56 Å². The number of hydrogen-bond acceptors (Lipinski definition) is 3. The Balaban J connectivity index is 1.57. The summed E-state index contributed by atoms with van der Waals surface area (Å²) in [6.07, 6.45) is -0.750. The third-order valence-electron chi connectivity index (χ3n) is 5.58. The number of ether oxygens (including phenoxy) is 1. The summed E-state index contributed by atoms with van der Waals surface area (Å²) in [6.45, 7) is 0. The van der Waals surface area contributed by atoms with Gasteiger partial charge in [-0.05, 0) is 73.3 Å². The van der Waals surface area contributed by atoms with Crippen molar-refractivity contribution in [2.45, 2.75) is 12.5 Å². The topological polar surface area (TPSA) is 46.5 Å². The molecule has 0 saturated carbocycles. The number of thiophene rings is 1. The van der Waals surface area contributed by atoms with E-state index in [9.17, 15) is 9.90 Å². The van der Waals surface area contributed by atoms with Gasteiger partial charge >= 0.3 is 5.97 Å². The lowest BCUT2D eigenvalue weighted by atomic mass is 9.99. The van der Waals surface area contributed by atoms with Gasteiger partial charge in [-0.15, -0.1) is 11.3 Å². The third-order valence-corrected chi connectivity index (χ3v) is 8.55. The van der Waals surface area contributed by atoms with Crippen molar-refractivity contribution >= 4 is 85.3 Å². The molecular formula is C27H17Br3O3S. The fraction of sp³-hybridized carbons (Fsp3) is 0.0741. The highest BCUT2D eigenvalue weighted by molar-refractivity contribution is 9.11. The number of aliphatic carboxylic acids is 1. The van der Waals surface area contributed by atoms with Crippen molar-refractivity contribution in [1.29, 1.82) is 0 Å². The Morgan fingerprint density at radius 2 is 1.53 bits per heavy atom. The molecule has 0 radical (unpaired) electrons.